The van der Waals surface area contributed by atoms with E-state index in [0.717, 1.165) is 52.8 Å². The highest BCUT2D eigenvalue weighted by Crippen LogP contribution is 2.32. The fraction of sp³-hybridized carbons (Fsp3) is 0.250. The van der Waals surface area contributed by atoms with Crippen LogP contribution in [0.4, 0.5) is 0 Å². The van der Waals surface area contributed by atoms with E-state index in [2.05, 4.69) is 35.3 Å². The van der Waals surface area contributed by atoms with Crippen LogP contribution >= 0.6 is 12.4 Å². The predicted molar refractivity (Wildman–Crippen MR) is 138 cm³/mol. The number of benzene rings is 3. The Morgan fingerprint density at radius 1 is 0.943 bits per heavy atom. The third-order valence-electron chi connectivity index (χ3n) is 6.53. The van der Waals surface area contributed by atoms with Crippen molar-refractivity contribution in [2.24, 2.45) is 0 Å². The number of hydrogen-bond acceptors (Lipinski definition) is 5. The summed E-state index contributed by atoms with van der Waals surface area (Å²) in [7, 11) is 0. The number of likely N-dealkylation sites (tertiary alicyclic amines) is 1. The standard InChI is InChI=1S/C28H27N3O3.ClH/c1-19-23(21-10-3-2-4-11-21)13-8-14-24(19)27-30-29-26(34-27)22-12-7-9-20(17-22)18-31-16-6-5-15-25(31)28(32)33;/h2-4,7-14,17,25H,5-6,15-16,18H2,1H3,(H,32,33);1H/t25-;/m0./s1. The summed E-state index contributed by atoms with van der Waals surface area (Å²) in [4.78, 5) is 13.7. The van der Waals surface area contributed by atoms with Gasteiger partial charge in [0, 0.05) is 17.7 Å². The van der Waals surface area contributed by atoms with Gasteiger partial charge < -0.3 is 9.52 Å². The summed E-state index contributed by atoms with van der Waals surface area (Å²) in [6.45, 7) is 3.45. The van der Waals surface area contributed by atoms with Crippen LogP contribution in [0.5, 0.6) is 0 Å². The summed E-state index contributed by atoms with van der Waals surface area (Å²) < 4.78 is 6.10. The molecule has 0 bridgehead atoms. The molecule has 1 atom stereocenters. The van der Waals surface area contributed by atoms with E-state index >= 15 is 0 Å². The molecule has 1 aliphatic rings. The smallest absolute Gasteiger partial charge is 0.320 e. The number of hydrogen-bond donors (Lipinski definition) is 1. The van der Waals surface area contributed by atoms with Gasteiger partial charge in [0.05, 0.1) is 0 Å². The predicted octanol–water partition coefficient (Wildman–Crippen LogP) is 6.24. The minimum absolute atomic E-state index is 0. The molecule has 6 nitrogen and oxygen atoms in total. The maximum Gasteiger partial charge on any atom is 0.320 e. The molecule has 0 amide bonds. The molecule has 5 rings (SSSR count). The van der Waals surface area contributed by atoms with E-state index in [1.807, 2.05) is 59.5 Å². The van der Waals surface area contributed by atoms with Gasteiger partial charge in [0.2, 0.25) is 11.8 Å². The Morgan fingerprint density at radius 3 is 2.46 bits per heavy atom. The molecular formula is C28H28ClN3O3. The number of aromatic nitrogens is 2. The lowest BCUT2D eigenvalue weighted by molar-refractivity contribution is -0.144. The number of rotatable bonds is 6. The van der Waals surface area contributed by atoms with Crippen molar-refractivity contribution >= 4 is 18.4 Å². The van der Waals surface area contributed by atoms with Crippen LogP contribution in [-0.2, 0) is 11.3 Å². The molecule has 0 saturated carbocycles. The second kappa shape index (κ2) is 10.8. The average molecular weight is 490 g/mol. The Labute approximate surface area is 211 Å². The van der Waals surface area contributed by atoms with Gasteiger partial charge in [-0.1, -0.05) is 61.0 Å². The highest BCUT2D eigenvalue weighted by atomic mass is 35.5. The first-order chi connectivity index (χ1) is 16.6. The van der Waals surface area contributed by atoms with Gasteiger partial charge in [0.25, 0.3) is 0 Å². The van der Waals surface area contributed by atoms with Crippen LogP contribution in [0.15, 0.2) is 77.2 Å². The number of piperidine rings is 1. The monoisotopic (exact) mass is 489 g/mol. The van der Waals surface area contributed by atoms with Gasteiger partial charge in [-0.15, -0.1) is 22.6 Å². The van der Waals surface area contributed by atoms with E-state index in [1.54, 1.807) is 0 Å². The zero-order valence-corrected chi connectivity index (χ0v) is 20.4. The molecule has 4 aromatic rings. The molecule has 0 unspecified atom stereocenters. The molecule has 2 heterocycles. The van der Waals surface area contributed by atoms with Crippen molar-refractivity contribution in [2.45, 2.75) is 38.8 Å². The normalized spacial score (nSPS) is 16.0. The fourth-order valence-corrected chi connectivity index (χ4v) is 4.74. The number of carbonyl (C=O) groups is 1. The Kier molecular flexibility index (Phi) is 7.63. The minimum Gasteiger partial charge on any atom is -0.480 e. The van der Waals surface area contributed by atoms with Gasteiger partial charge in [-0.3, -0.25) is 9.69 Å². The van der Waals surface area contributed by atoms with Gasteiger partial charge >= 0.3 is 5.97 Å². The molecule has 0 radical (unpaired) electrons. The van der Waals surface area contributed by atoms with E-state index in [4.69, 9.17) is 4.42 Å². The van der Waals surface area contributed by atoms with E-state index < -0.39 is 12.0 Å². The highest BCUT2D eigenvalue weighted by Gasteiger charge is 2.28. The average Bonchev–Trinajstić information content (AvgIpc) is 3.35. The van der Waals surface area contributed by atoms with Crippen LogP contribution in [0, 0.1) is 6.92 Å². The lowest BCUT2D eigenvalue weighted by Crippen LogP contribution is -2.43. The minimum atomic E-state index is -0.745. The van der Waals surface area contributed by atoms with Crippen molar-refractivity contribution in [2.75, 3.05) is 6.54 Å². The number of carboxylic acids is 1. The highest BCUT2D eigenvalue weighted by molar-refractivity contribution is 5.85. The molecule has 7 heteroatoms. The van der Waals surface area contributed by atoms with Gasteiger partial charge in [-0.25, -0.2) is 0 Å². The fourth-order valence-electron chi connectivity index (χ4n) is 4.74. The first kappa shape index (κ1) is 24.6. The number of aliphatic carboxylic acids is 1. The van der Waals surface area contributed by atoms with Gasteiger partial charge in [-0.2, -0.15) is 0 Å². The summed E-state index contributed by atoms with van der Waals surface area (Å²) in [6, 6.07) is 23.9. The summed E-state index contributed by atoms with van der Waals surface area (Å²) in [5.74, 6) is 0.193. The van der Waals surface area contributed by atoms with Crippen molar-refractivity contribution < 1.29 is 14.3 Å². The Bertz CT molecular complexity index is 1310. The molecule has 1 aliphatic heterocycles. The molecule has 1 aromatic heterocycles. The third-order valence-corrected chi connectivity index (χ3v) is 6.53. The summed E-state index contributed by atoms with van der Waals surface area (Å²) >= 11 is 0. The van der Waals surface area contributed by atoms with Gasteiger partial charge in [0.15, 0.2) is 0 Å². The molecule has 35 heavy (non-hydrogen) atoms. The Morgan fingerprint density at radius 2 is 1.66 bits per heavy atom. The SMILES string of the molecule is Cc1c(-c2ccccc2)cccc1-c1nnc(-c2cccc(CN3CCCC[C@H]3C(=O)O)c2)o1.Cl. The zero-order valence-electron chi connectivity index (χ0n) is 19.6. The molecule has 3 aromatic carbocycles. The number of carboxylic acid groups (broad SMARTS) is 1. The van der Waals surface area contributed by atoms with Crippen molar-refractivity contribution in [1.82, 2.24) is 15.1 Å². The molecule has 1 fully saturated rings. The molecule has 1 N–H and O–H groups in total. The first-order valence-corrected chi connectivity index (χ1v) is 11.7. The topological polar surface area (TPSA) is 79.5 Å². The third kappa shape index (κ3) is 5.29. The quantitative estimate of drug-likeness (QED) is 0.345. The van der Waals surface area contributed by atoms with E-state index in [9.17, 15) is 9.90 Å². The van der Waals surface area contributed by atoms with E-state index in [1.165, 1.54) is 0 Å². The maximum atomic E-state index is 11.6. The van der Waals surface area contributed by atoms with Crippen molar-refractivity contribution in [3.05, 3.63) is 83.9 Å². The van der Waals surface area contributed by atoms with Gasteiger partial charge in [-0.05, 0) is 66.8 Å². The molecule has 180 valence electrons. The number of halogens is 1. The Balaban J connectivity index is 0.00000289. The molecule has 0 aliphatic carbocycles. The second-order valence-electron chi connectivity index (χ2n) is 8.78. The summed E-state index contributed by atoms with van der Waals surface area (Å²) in [6.07, 6.45) is 2.69. The van der Waals surface area contributed by atoms with Crippen molar-refractivity contribution in [1.29, 1.82) is 0 Å². The largest absolute Gasteiger partial charge is 0.480 e. The van der Waals surface area contributed by atoms with Crippen LogP contribution in [0.2, 0.25) is 0 Å². The molecule has 0 spiro atoms. The van der Waals surface area contributed by atoms with Crippen LogP contribution < -0.4 is 0 Å². The van der Waals surface area contributed by atoms with Gasteiger partial charge in [0.1, 0.15) is 6.04 Å². The lowest BCUT2D eigenvalue weighted by Gasteiger charge is -2.32. The molecule has 1 saturated heterocycles. The zero-order chi connectivity index (χ0) is 23.5. The van der Waals surface area contributed by atoms with E-state index in [-0.39, 0.29) is 12.4 Å². The van der Waals surface area contributed by atoms with Crippen LogP contribution in [0.3, 0.4) is 0 Å². The van der Waals surface area contributed by atoms with Crippen LogP contribution in [0.25, 0.3) is 34.0 Å². The maximum absolute atomic E-state index is 11.6. The molecular weight excluding hydrogens is 462 g/mol. The van der Waals surface area contributed by atoms with Crippen molar-refractivity contribution in [3.63, 3.8) is 0 Å². The second-order valence-corrected chi connectivity index (χ2v) is 8.78. The van der Waals surface area contributed by atoms with Crippen molar-refractivity contribution in [3.8, 4) is 34.0 Å². The summed E-state index contributed by atoms with van der Waals surface area (Å²) in [5.41, 5.74) is 6.14. The Hall–Kier alpha value is -3.48. The first-order valence-electron chi connectivity index (χ1n) is 11.7. The van der Waals surface area contributed by atoms with Crippen LogP contribution in [-0.4, -0.2) is 38.8 Å². The van der Waals surface area contributed by atoms with E-state index in [0.29, 0.717) is 24.7 Å². The number of nitrogens with zero attached hydrogens (tertiary/aromatic N) is 3. The van der Waals surface area contributed by atoms with Crippen LogP contribution in [0.1, 0.15) is 30.4 Å². The summed E-state index contributed by atoms with van der Waals surface area (Å²) in [5, 5.41) is 18.2. The lowest BCUT2D eigenvalue weighted by atomic mass is 9.96.